The Bertz CT molecular complexity index is 1420. The number of carbonyl (C=O) groups is 2. The van der Waals surface area contributed by atoms with Crippen LogP contribution in [0.1, 0.15) is 20.7 Å². The van der Waals surface area contributed by atoms with E-state index < -0.39 is 11.9 Å². The van der Waals surface area contributed by atoms with E-state index in [0.29, 0.717) is 16.9 Å². The molecule has 0 atom stereocenters. The number of amides is 1. The van der Waals surface area contributed by atoms with E-state index in [9.17, 15) is 14.7 Å². The third-order valence-electron chi connectivity index (χ3n) is 5.12. The van der Waals surface area contributed by atoms with Gasteiger partial charge in [-0.15, -0.1) is 0 Å². The van der Waals surface area contributed by atoms with Gasteiger partial charge < -0.3 is 36.2 Å². The largest absolute Gasteiger partial charge is 0.507 e. The molecule has 0 saturated carbocycles. The number of rotatable bonds is 10. The predicted molar refractivity (Wildman–Crippen MR) is 142 cm³/mol. The Morgan fingerprint density at radius 1 is 0.816 bits per heavy atom. The van der Waals surface area contributed by atoms with Crippen molar-refractivity contribution in [2.45, 2.75) is 0 Å². The second-order valence-electron chi connectivity index (χ2n) is 7.83. The number of nitrogens with zero attached hydrogens (tertiary/aromatic N) is 3. The van der Waals surface area contributed by atoms with Crippen molar-refractivity contribution in [1.29, 1.82) is 0 Å². The van der Waals surface area contributed by atoms with Crippen molar-refractivity contribution in [3.05, 3.63) is 83.9 Å². The number of aliphatic hydroxyl groups excluding tert-OH is 1. The molecule has 4 aromatic rings. The molecule has 0 spiro atoms. The molecular formula is C26H25N7O5. The number of para-hydroxylation sites is 1. The molecule has 194 valence electrons. The lowest BCUT2D eigenvalue weighted by molar-refractivity contribution is 0.0600. The lowest BCUT2D eigenvalue weighted by Crippen LogP contribution is -2.13. The monoisotopic (exact) mass is 515 g/mol. The van der Waals surface area contributed by atoms with Gasteiger partial charge in [-0.25, -0.2) is 4.79 Å². The molecule has 6 N–H and O–H groups in total. The number of hydrogen-bond donors (Lipinski definition) is 6. The molecule has 12 heteroatoms. The van der Waals surface area contributed by atoms with Crippen LogP contribution in [-0.4, -0.2) is 57.3 Å². The summed E-state index contributed by atoms with van der Waals surface area (Å²) in [7, 11) is 1.28. The number of phenolic OH excluding ortho intramolecular Hbond substituents is 1. The smallest absolute Gasteiger partial charge is 0.337 e. The maximum Gasteiger partial charge on any atom is 0.337 e. The maximum absolute atomic E-state index is 12.9. The molecule has 1 heterocycles. The molecule has 38 heavy (non-hydrogen) atoms. The lowest BCUT2D eigenvalue weighted by Gasteiger charge is -2.12. The number of ether oxygens (including phenoxy) is 1. The predicted octanol–water partition coefficient (Wildman–Crippen LogP) is 3.51. The fraction of sp³-hybridized carbons (Fsp3) is 0.115. The van der Waals surface area contributed by atoms with Crippen LogP contribution in [0, 0.1) is 0 Å². The van der Waals surface area contributed by atoms with Crippen LogP contribution in [0.15, 0.2) is 72.8 Å². The average molecular weight is 516 g/mol. The van der Waals surface area contributed by atoms with Gasteiger partial charge in [0.25, 0.3) is 5.91 Å². The first-order valence-electron chi connectivity index (χ1n) is 11.5. The number of benzene rings is 3. The normalized spacial score (nSPS) is 10.4. The molecule has 1 amide bonds. The van der Waals surface area contributed by atoms with Crippen LogP contribution < -0.4 is 21.3 Å². The van der Waals surface area contributed by atoms with Crippen molar-refractivity contribution in [3.63, 3.8) is 0 Å². The Kier molecular flexibility index (Phi) is 8.26. The number of anilines is 6. The van der Waals surface area contributed by atoms with Crippen LogP contribution in [-0.2, 0) is 4.74 Å². The van der Waals surface area contributed by atoms with Crippen molar-refractivity contribution in [2.24, 2.45) is 0 Å². The zero-order valence-corrected chi connectivity index (χ0v) is 20.3. The summed E-state index contributed by atoms with van der Waals surface area (Å²) in [6.45, 7) is 0.121. The number of nitrogens with one attached hydrogen (secondary N) is 4. The van der Waals surface area contributed by atoms with Gasteiger partial charge >= 0.3 is 5.97 Å². The van der Waals surface area contributed by atoms with Crippen molar-refractivity contribution in [2.75, 3.05) is 41.5 Å². The van der Waals surface area contributed by atoms with Crippen LogP contribution in [0.5, 0.6) is 5.75 Å². The van der Waals surface area contributed by atoms with Gasteiger partial charge in [0.1, 0.15) is 5.75 Å². The van der Waals surface area contributed by atoms with E-state index in [-0.39, 0.29) is 42.3 Å². The average Bonchev–Trinajstić information content (AvgIpc) is 2.93. The molecule has 0 bridgehead atoms. The first-order valence-corrected chi connectivity index (χ1v) is 11.5. The van der Waals surface area contributed by atoms with Crippen LogP contribution in [0.2, 0.25) is 0 Å². The summed E-state index contributed by atoms with van der Waals surface area (Å²) in [5, 5.41) is 31.1. The molecule has 0 fully saturated rings. The first kappa shape index (κ1) is 25.9. The summed E-state index contributed by atoms with van der Waals surface area (Å²) in [5.41, 5.74) is 1.96. The van der Waals surface area contributed by atoms with E-state index in [4.69, 9.17) is 5.11 Å². The Morgan fingerprint density at radius 3 is 2.11 bits per heavy atom. The summed E-state index contributed by atoms with van der Waals surface area (Å²) in [5.74, 6) is -0.650. The van der Waals surface area contributed by atoms with Gasteiger partial charge in [-0.05, 0) is 54.6 Å². The number of methoxy groups -OCH3 is 1. The standard InChI is InChI=1S/C26H25N7O5/c1-38-23(37)16-7-9-18(10-8-16)28-22(36)20-15-19(11-12-21(20)35)30-26-32-24(27-13-14-34)31-25(33-26)29-17-5-3-2-4-6-17/h2-12,15,34-35H,13-14H2,1H3,(H,28,36)(H3,27,29,30,31,32,33). The van der Waals surface area contributed by atoms with Crippen LogP contribution in [0.25, 0.3) is 0 Å². The van der Waals surface area contributed by atoms with E-state index >= 15 is 0 Å². The highest BCUT2D eigenvalue weighted by molar-refractivity contribution is 6.07. The number of aromatic nitrogens is 3. The molecular weight excluding hydrogens is 490 g/mol. The van der Waals surface area contributed by atoms with E-state index in [1.807, 2.05) is 30.3 Å². The highest BCUT2D eigenvalue weighted by Gasteiger charge is 2.15. The summed E-state index contributed by atoms with van der Waals surface area (Å²) >= 11 is 0. The molecule has 3 aromatic carbocycles. The third-order valence-corrected chi connectivity index (χ3v) is 5.12. The summed E-state index contributed by atoms with van der Waals surface area (Å²) in [6, 6.07) is 19.8. The molecule has 12 nitrogen and oxygen atoms in total. The van der Waals surface area contributed by atoms with E-state index in [1.54, 1.807) is 18.2 Å². The number of esters is 1. The Balaban J connectivity index is 1.54. The highest BCUT2D eigenvalue weighted by Crippen LogP contribution is 2.25. The third kappa shape index (κ3) is 6.71. The van der Waals surface area contributed by atoms with Gasteiger partial charge in [0.2, 0.25) is 17.8 Å². The first-order chi connectivity index (χ1) is 18.4. The molecule has 0 saturated heterocycles. The molecule has 4 rings (SSSR count). The molecule has 0 unspecified atom stereocenters. The minimum Gasteiger partial charge on any atom is -0.507 e. The highest BCUT2D eigenvalue weighted by atomic mass is 16.5. The second-order valence-corrected chi connectivity index (χ2v) is 7.83. The minimum atomic E-state index is -0.565. The van der Waals surface area contributed by atoms with Gasteiger partial charge in [-0.2, -0.15) is 15.0 Å². The zero-order chi connectivity index (χ0) is 26.9. The van der Waals surface area contributed by atoms with Crippen molar-refractivity contribution in [1.82, 2.24) is 15.0 Å². The van der Waals surface area contributed by atoms with Gasteiger partial charge in [-0.1, -0.05) is 18.2 Å². The number of aromatic hydroxyl groups is 1. The van der Waals surface area contributed by atoms with E-state index in [2.05, 4.69) is 41.0 Å². The minimum absolute atomic E-state index is 0.00219. The van der Waals surface area contributed by atoms with Gasteiger partial charge in [-0.3, -0.25) is 4.79 Å². The molecule has 0 aliphatic carbocycles. The second kappa shape index (κ2) is 12.1. The van der Waals surface area contributed by atoms with Crippen LogP contribution in [0.3, 0.4) is 0 Å². The van der Waals surface area contributed by atoms with Gasteiger partial charge in [0.05, 0.1) is 24.8 Å². The van der Waals surface area contributed by atoms with E-state index in [0.717, 1.165) is 5.69 Å². The fourth-order valence-corrected chi connectivity index (χ4v) is 3.32. The van der Waals surface area contributed by atoms with Crippen molar-refractivity contribution in [3.8, 4) is 5.75 Å². The topological polar surface area (TPSA) is 171 Å². The number of carbonyl (C=O) groups excluding carboxylic acids is 2. The number of phenols is 1. The van der Waals surface area contributed by atoms with Gasteiger partial charge in [0, 0.05) is 23.6 Å². The Hall–Kier alpha value is -5.23. The molecule has 1 aromatic heterocycles. The SMILES string of the molecule is COC(=O)c1ccc(NC(=O)c2cc(Nc3nc(NCCO)nc(Nc4ccccc4)n3)ccc2O)cc1. The fourth-order valence-electron chi connectivity index (χ4n) is 3.32. The summed E-state index contributed by atoms with van der Waals surface area (Å²) < 4.78 is 4.67. The number of hydrogen-bond acceptors (Lipinski definition) is 11. The van der Waals surface area contributed by atoms with Gasteiger partial charge in [0.15, 0.2) is 0 Å². The Labute approximate surface area is 217 Å². The van der Waals surface area contributed by atoms with Crippen LogP contribution in [0.4, 0.5) is 34.9 Å². The van der Waals surface area contributed by atoms with Crippen LogP contribution >= 0.6 is 0 Å². The zero-order valence-electron chi connectivity index (χ0n) is 20.3. The maximum atomic E-state index is 12.9. The molecule has 0 radical (unpaired) electrons. The van der Waals surface area contributed by atoms with E-state index in [1.165, 1.54) is 31.4 Å². The lowest BCUT2D eigenvalue weighted by atomic mass is 10.1. The van der Waals surface area contributed by atoms with Crippen molar-refractivity contribution < 1.29 is 24.5 Å². The number of aliphatic hydroxyl groups is 1. The quantitative estimate of drug-likeness (QED) is 0.135. The molecule has 0 aliphatic rings. The van der Waals surface area contributed by atoms with Crippen molar-refractivity contribution >= 4 is 46.8 Å². The summed E-state index contributed by atoms with van der Waals surface area (Å²) in [4.78, 5) is 37.5. The Morgan fingerprint density at radius 2 is 1.45 bits per heavy atom. The summed E-state index contributed by atoms with van der Waals surface area (Å²) in [6.07, 6.45) is 0. The molecule has 0 aliphatic heterocycles.